The van der Waals surface area contributed by atoms with Gasteiger partial charge in [-0.25, -0.2) is 0 Å². The Balaban J connectivity index is 1.25. The Bertz CT molecular complexity index is 1290. The molecule has 2 aromatic heterocycles. The number of nitrogens with zero attached hydrogens (tertiary/aromatic N) is 4. The van der Waals surface area contributed by atoms with Gasteiger partial charge in [0.25, 0.3) is 0 Å². The largest absolute Gasteiger partial charge is 0.356 e. The molecule has 8 nitrogen and oxygen atoms in total. The Kier molecular flexibility index (Phi) is 4.47. The van der Waals surface area contributed by atoms with E-state index in [9.17, 15) is 9.59 Å². The van der Waals surface area contributed by atoms with E-state index in [2.05, 4.69) is 45.4 Å². The van der Waals surface area contributed by atoms with Crippen LogP contribution in [0.1, 0.15) is 48.9 Å². The molecule has 33 heavy (non-hydrogen) atoms. The first-order chi connectivity index (χ1) is 15.9. The predicted molar refractivity (Wildman–Crippen MR) is 121 cm³/mol. The quantitative estimate of drug-likeness (QED) is 0.490. The van der Waals surface area contributed by atoms with Gasteiger partial charge in [-0.3, -0.25) is 29.5 Å². The van der Waals surface area contributed by atoms with Crippen LogP contribution >= 0.6 is 0 Å². The SMILES string of the molecule is Cn1nccc1CN1CCC2(c3ccc4ncc(C5CCC(=O)NC5=O)cc4c3)OC2(C)C1. The number of piperidine rings is 2. The highest BCUT2D eigenvalue weighted by Crippen LogP contribution is 2.60. The average Bonchev–Trinajstić information content (AvgIpc) is 3.25. The van der Waals surface area contributed by atoms with Gasteiger partial charge < -0.3 is 4.74 Å². The Morgan fingerprint density at radius 3 is 2.88 bits per heavy atom. The van der Waals surface area contributed by atoms with Gasteiger partial charge in [0.2, 0.25) is 11.8 Å². The summed E-state index contributed by atoms with van der Waals surface area (Å²) in [6.45, 7) is 4.88. The third kappa shape index (κ3) is 3.28. The second-order valence-corrected chi connectivity index (χ2v) is 9.75. The maximum absolute atomic E-state index is 12.3. The van der Waals surface area contributed by atoms with Gasteiger partial charge in [0.15, 0.2) is 0 Å². The van der Waals surface area contributed by atoms with Crippen LogP contribution in [0.15, 0.2) is 42.7 Å². The first-order valence-corrected chi connectivity index (χ1v) is 11.5. The minimum atomic E-state index is -0.334. The van der Waals surface area contributed by atoms with Crippen LogP contribution in [-0.4, -0.2) is 50.2 Å². The lowest BCUT2D eigenvalue weighted by molar-refractivity contribution is -0.134. The minimum Gasteiger partial charge on any atom is -0.356 e. The summed E-state index contributed by atoms with van der Waals surface area (Å²) in [6.07, 6.45) is 5.40. The monoisotopic (exact) mass is 445 g/mol. The smallest absolute Gasteiger partial charge is 0.234 e. The third-order valence-corrected chi connectivity index (χ3v) is 7.64. The Labute approximate surface area is 191 Å². The van der Waals surface area contributed by atoms with Crippen LogP contribution in [0.2, 0.25) is 0 Å². The van der Waals surface area contributed by atoms with E-state index in [0.717, 1.165) is 42.5 Å². The van der Waals surface area contributed by atoms with Crippen molar-refractivity contribution in [2.45, 2.75) is 49.9 Å². The molecule has 3 aliphatic heterocycles. The van der Waals surface area contributed by atoms with Crippen LogP contribution in [-0.2, 0) is 33.5 Å². The number of ether oxygens (including phenoxy) is 1. The number of imide groups is 1. The van der Waals surface area contributed by atoms with Gasteiger partial charge in [-0.05, 0) is 55.2 Å². The van der Waals surface area contributed by atoms with Crippen LogP contribution in [0.4, 0.5) is 0 Å². The normalized spacial score (nSPS) is 29.7. The van der Waals surface area contributed by atoms with Gasteiger partial charge in [0, 0.05) is 50.9 Å². The van der Waals surface area contributed by atoms with Crippen molar-refractivity contribution in [1.82, 2.24) is 25.0 Å². The Morgan fingerprint density at radius 1 is 1.24 bits per heavy atom. The molecule has 3 saturated heterocycles. The number of nitrogens with one attached hydrogen (secondary N) is 1. The van der Waals surface area contributed by atoms with E-state index >= 15 is 0 Å². The topological polar surface area (TPSA) is 92.7 Å². The van der Waals surface area contributed by atoms with E-state index in [0.29, 0.717) is 12.8 Å². The van der Waals surface area contributed by atoms with Gasteiger partial charge in [0.1, 0.15) is 11.2 Å². The highest BCUT2D eigenvalue weighted by Gasteiger charge is 2.69. The van der Waals surface area contributed by atoms with Crippen molar-refractivity contribution >= 4 is 22.7 Å². The second kappa shape index (κ2) is 7.20. The second-order valence-electron chi connectivity index (χ2n) is 9.75. The number of carbonyl (C=O) groups excluding carboxylic acids is 2. The van der Waals surface area contributed by atoms with Gasteiger partial charge >= 0.3 is 0 Å². The van der Waals surface area contributed by atoms with Gasteiger partial charge in [0.05, 0.1) is 17.1 Å². The van der Waals surface area contributed by atoms with E-state index in [1.807, 2.05) is 30.1 Å². The van der Waals surface area contributed by atoms with Crippen molar-refractivity contribution < 1.29 is 14.3 Å². The Hall–Kier alpha value is -3.10. The summed E-state index contributed by atoms with van der Waals surface area (Å²) in [5, 5.41) is 7.72. The number of fused-ring (bicyclic) bond motifs is 2. The third-order valence-electron chi connectivity index (χ3n) is 7.64. The number of amides is 2. The van der Waals surface area contributed by atoms with E-state index in [1.165, 1.54) is 11.3 Å². The van der Waals surface area contributed by atoms with Gasteiger partial charge in [-0.1, -0.05) is 6.07 Å². The molecule has 3 fully saturated rings. The number of hydrogen-bond donors (Lipinski definition) is 1. The molecule has 0 aliphatic carbocycles. The van der Waals surface area contributed by atoms with Crippen LogP contribution in [0.3, 0.4) is 0 Å². The van der Waals surface area contributed by atoms with Gasteiger partial charge in [-0.15, -0.1) is 0 Å². The molecular weight excluding hydrogens is 418 g/mol. The predicted octanol–water partition coefficient (Wildman–Crippen LogP) is 2.38. The molecule has 2 amide bonds. The van der Waals surface area contributed by atoms with E-state index in [4.69, 9.17) is 4.74 Å². The summed E-state index contributed by atoms with van der Waals surface area (Å²) in [5.41, 5.74) is 3.60. The summed E-state index contributed by atoms with van der Waals surface area (Å²) in [6, 6.07) is 10.4. The molecule has 1 N–H and O–H groups in total. The maximum Gasteiger partial charge on any atom is 0.234 e. The molecule has 170 valence electrons. The molecular formula is C25H27N5O3. The van der Waals surface area contributed by atoms with Crippen molar-refractivity contribution in [3.8, 4) is 0 Å². The molecule has 5 heterocycles. The number of epoxide rings is 1. The molecule has 8 heteroatoms. The first-order valence-electron chi connectivity index (χ1n) is 11.5. The summed E-state index contributed by atoms with van der Waals surface area (Å²) in [7, 11) is 1.98. The highest BCUT2D eigenvalue weighted by atomic mass is 16.6. The average molecular weight is 446 g/mol. The fourth-order valence-corrected chi connectivity index (χ4v) is 5.69. The minimum absolute atomic E-state index is 0.203. The number of likely N-dealkylation sites (tertiary alicyclic amines) is 1. The number of pyridine rings is 1. The molecule has 3 atom stereocenters. The molecule has 3 aromatic rings. The summed E-state index contributed by atoms with van der Waals surface area (Å²) in [4.78, 5) is 30.9. The van der Waals surface area contributed by atoms with Crippen LogP contribution < -0.4 is 5.32 Å². The fourth-order valence-electron chi connectivity index (χ4n) is 5.69. The zero-order valence-electron chi connectivity index (χ0n) is 18.9. The van der Waals surface area contributed by atoms with Crippen molar-refractivity contribution in [1.29, 1.82) is 0 Å². The van der Waals surface area contributed by atoms with Gasteiger partial charge in [-0.2, -0.15) is 5.10 Å². The zero-order chi connectivity index (χ0) is 22.8. The van der Waals surface area contributed by atoms with Crippen molar-refractivity contribution in [3.63, 3.8) is 0 Å². The van der Waals surface area contributed by atoms with Crippen molar-refractivity contribution in [2.24, 2.45) is 7.05 Å². The first kappa shape index (κ1) is 20.5. The molecule has 6 rings (SSSR count). The lowest BCUT2D eigenvalue weighted by Gasteiger charge is -2.32. The zero-order valence-corrected chi connectivity index (χ0v) is 18.9. The molecule has 0 bridgehead atoms. The molecule has 3 aliphatic rings. The lowest BCUT2D eigenvalue weighted by atomic mass is 9.81. The number of hydrogen-bond acceptors (Lipinski definition) is 6. The molecule has 0 saturated carbocycles. The maximum atomic E-state index is 12.3. The number of aryl methyl sites for hydroxylation is 1. The molecule has 0 spiro atoms. The fraction of sp³-hybridized carbons (Fsp3) is 0.440. The molecule has 0 radical (unpaired) electrons. The number of benzene rings is 1. The van der Waals surface area contributed by atoms with Crippen LogP contribution in [0, 0.1) is 0 Å². The van der Waals surface area contributed by atoms with Crippen molar-refractivity contribution in [3.05, 3.63) is 59.5 Å². The number of carbonyl (C=O) groups is 2. The standard InChI is InChI=1S/C25H27N5O3/c1-24-15-30(14-19-7-9-27-29(19)2)10-8-25(24,33-24)18-3-5-21-16(12-18)11-17(13-26-21)20-4-6-22(31)28-23(20)32/h3,5,7,9,11-13,20H,4,6,8,10,14-15H2,1-2H3,(H,28,31,32). The summed E-state index contributed by atoms with van der Waals surface area (Å²) < 4.78 is 8.38. The molecule has 1 aromatic carbocycles. The van der Waals surface area contributed by atoms with Crippen LogP contribution in [0.5, 0.6) is 0 Å². The number of aromatic nitrogens is 3. The molecule has 3 unspecified atom stereocenters. The lowest BCUT2D eigenvalue weighted by Crippen LogP contribution is -2.43. The van der Waals surface area contributed by atoms with Crippen molar-refractivity contribution in [2.75, 3.05) is 13.1 Å². The highest BCUT2D eigenvalue weighted by molar-refractivity contribution is 6.01. The summed E-state index contributed by atoms with van der Waals surface area (Å²) in [5.74, 6) is -0.772. The van der Waals surface area contributed by atoms with E-state index in [1.54, 1.807) is 6.20 Å². The van der Waals surface area contributed by atoms with E-state index in [-0.39, 0.29) is 28.9 Å². The summed E-state index contributed by atoms with van der Waals surface area (Å²) >= 11 is 0. The van der Waals surface area contributed by atoms with E-state index < -0.39 is 0 Å². The number of rotatable bonds is 4. The van der Waals surface area contributed by atoms with Crippen LogP contribution in [0.25, 0.3) is 10.9 Å². The Morgan fingerprint density at radius 2 is 2.12 bits per heavy atom.